The number of nitrogens with one attached hydrogen (secondary N) is 1. The molecule has 2 bridgehead atoms. The quantitative estimate of drug-likeness (QED) is 0.0731. The average Bonchev–Trinajstić information content (AvgIpc) is 3.61. The molecule has 3 aromatic rings. The molecule has 6 rings (SSSR count). The number of nitroso groups, excluding NO2 is 1. The lowest BCUT2D eigenvalue weighted by molar-refractivity contribution is -0.152. The molecule has 4 heterocycles. The molecule has 0 spiro atoms. The van der Waals surface area contributed by atoms with Crippen LogP contribution < -0.4 is 16.7 Å². The number of fused-ring (bicyclic) bond motifs is 2. The van der Waals surface area contributed by atoms with E-state index in [2.05, 4.69) is 25.5 Å². The van der Waals surface area contributed by atoms with Crippen LogP contribution in [0.5, 0.6) is 0 Å². The van der Waals surface area contributed by atoms with Gasteiger partial charge in [-0.15, -0.1) is 28.1 Å². The van der Waals surface area contributed by atoms with Gasteiger partial charge in [-0.05, 0) is 32.0 Å². The van der Waals surface area contributed by atoms with E-state index in [-0.39, 0.29) is 24.4 Å². The van der Waals surface area contributed by atoms with Crippen LogP contribution in [0.25, 0.3) is 0 Å². The van der Waals surface area contributed by atoms with Crippen LogP contribution in [-0.2, 0) is 14.3 Å². The van der Waals surface area contributed by atoms with Crippen LogP contribution >= 0.6 is 23.2 Å². The second kappa shape index (κ2) is 23.3. The Morgan fingerprint density at radius 2 is 1.66 bits per heavy atom. The van der Waals surface area contributed by atoms with Crippen LogP contribution in [0.4, 0.5) is 10.7 Å². The van der Waals surface area contributed by atoms with Gasteiger partial charge in [0, 0.05) is 36.8 Å². The van der Waals surface area contributed by atoms with E-state index in [4.69, 9.17) is 43.5 Å². The van der Waals surface area contributed by atoms with Crippen LogP contribution in [0.2, 0.25) is 0 Å². The number of carbonyl (C=O) groups excluding carboxylic acids is 2. The molecule has 0 unspecified atom stereocenters. The van der Waals surface area contributed by atoms with Gasteiger partial charge in [0.2, 0.25) is 5.95 Å². The van der Waals surface area contributed by atoms with Gasteiger partial charge in [0.1, 0.15) is 36.7 Å². The molecule has 0 aliphatic carbocycles. The van der Waals surface area contributed by atoms with Gasteiger partial charge < -0.3 is 41.0 Å². The highest BCUT2D eigenvalue weighted by atomic mass is 35.5. The molecule has 7 N–H and O–H groups in total. The molecule has 19 nitrogen and oxygen atoms in total. The molecule has 2 aromatic carbocycles. The fraction of sp³-hybridized carbons (Fsp3) is 0.486. The number of halogens is 2. The number of amides is 2. The molecule has 1 aromatic heterocycles. The first-order chi connectivity index (χ1) is 26.9. The van der Waals surface area contributed by atoms with Crippen molar-refractivity contribution in [1.29, 1.82) is 0 Å². The van der Waals surface area contributed by atoms with Crippen molar-refractivity contribution < 1.29 is 44.3 Å². The number of hydrogen-bond donors (Lipinski definition) is 6. The standard InChI is InChI=1S/C16H19NO4.C8H12N4O5.C6H6.C5H9Cl2N3O2/c1-17-11-7-8-12(17)14(15(18)19)13(9-11)21-16(20)10-5-3-2-4-6-10;9-7-10-2-12(8(16)11-7)6-5(15)4(14)3(1-13)17-6;1-2-4-6-5-3-1;6-1-3-8-5(11)10(9-12)4-2-7/h2-6,11-14H,7-9H2,1H3,(H,18,19);2-6,13-15H,1H2,(H2,9,11,16);1-6H;1-4H2,(H,8,11)/t11-,12+,13-,14+;3-,4-,5-,6-;;/m01../s1. The Bertz CT molecular complexity index is 1710. The number of aliphatic carboxylic acids is 1. The molecule has 3 fully saturated rings. The zero-order valence-electron chi connectivity index (χ0n) is 30.4. The van der Waals surface area contributed by atoms with E-state index >= 15 is 0 Å². The zero-order chi connectivity index (χ0) is 41.2. The van der Waals surface area contributed by atoms with Gasteiger partial charge >= 0.3 is 23.7 Å². The number of ether oxygens (including phenoxy) is 2. The Hall–Kier alpha value is -4.76. The fourth-order valence-corrected chi connectivity index (χ4v) is 6.43. The van der Waals surface area contributed by atoms with Gasteiger partial charge in [0.25, 0.3) is 0 Å². The van der Waals surface area contributed by atoms with Crippen LogP contribution in [0.15, 0.2) is 83.1 Å². The topological polar surface area (TPSA) is 272 Å². The lowest BCUT2D eigenvalue weighted by Crippen LogP contribution is -2.53. The minimum atomic E-state index is -1.35. The first-order valence-corrected chi connectivity index (χ1v) is 18.5. The number of rotatable bonds is 10. The third-order valence-electron chi connectivity index (χ3n) is 8.97. The first kappa shape index (κ1) is 45.6. The predicted octanol–water partition coefficient (Wildman–Crippen LogP) is 1.45. The van der Waals surface area contributed by atoms with Crippen LogP contribution in [0.3, 0.4) is 0 Å². The number of urea groups is 1. The Kier molecular flexibility index (Phi) is 19.0. The number of carboxylic acids is 1. The molecular weight excluding hydrogens is 779 g/mol. The Morgan fingerprint density at radius 1 is 1.04 bits per heavy atom. The number of aliphatic hydroxyl groups excluding tert-OH is 3. The molecule has 0 radical (unpaired) electrons. The summed E-state index contributed by atoms with van der Waals surface area (Å²) >= 11 is 10.6. The van der Waals surface area contributed by atoms with Crippen LogP contribution in [0, 0.1) is 10.8 Å². The highest BCUT2D eigenvalue weighted by molar-refractivity contribution is 6.18. The van der Waals surface area contributed by atoms with Crippen molar-refractivity contribution in [2.45, 2.75) is 62.0 Å². The molecule has 56 heavy (non-hydrogen) atoms. The van der Waals surface area contributed by atoms with Crippen LogP contribution in [0.1, 0.15) is 35.8 Å². The van der Waals surface area contributed by atoms with Gasteiger partial charge in [-0.1, -0.05) is 54.6 Å². The first-order valence-electron chi connectivity index (χ1n) is 17.4. The number of hydrogen-bond acceptors (Lipinski definition) is 15. The van der Waals surface area contributed by atoms with Gasteiger partial charge in [0.15, 0.2) is 6.23 Å². The third kappa shape index (κ3) is 12.9. The smallest absolute Gasteiger partial charge is 0.354 e. The largest absolute Gasteiger partial charge is 0.481 e. The number of nitrogens with zero attached hydrogens (tertiary/aromatic N) is 6. The molecule has 3 aliphatic heterocycles. The van der Waals surface area contributed by atoms with Crippen molar-refractivity contribution in [2.75, 3.05) is 44.2 Å². The summed E-state index contributed by atoms with van der Waals surface area (Å²) in [4.78, 5) is 65.3. The number of aliphatic hydroxyl groups is 3. The number of piperidine rings is 1. The Morgan fingerprint density at radius 3 is 2.18 bits per heavy atom. The zero-order valence-corrected chi connectivity index (χ0v) is 31.9. The third-order valence-corrected chi connectivity index (χ3v) is 9.33. The van der Waals surface area contributed by atoms with Crippen molar-refractivity contribution in [3.05, 3.63) is 94.0 Å². The summed E-state index contributed by atoms with van der Waals surface area (Å²) in [7, 11) is 1.97. The maximum atomic E-state index is 12.2. The van der Waals surface area contributed by atoms with E-state index in [0.717, 1.165) is 23.7 Å². The highest BCUT2D eigenvalue weighted by Gasteiger charge is 2.50. The maximum absolute atomic E-state index is 12.2. The molecule has 0 saturated carbocycles. The van der Waals surface area contributed by atoms with Crippen molar-refractivity contribution in [1.82, 2.24) is 29.8 Å². The second-order valence-electron chi connectivity index (χ2n) is 12.5. The number of anilines is 1. The Balaban J connectivity index is 0.000000216. The monoisotopic (exact) mass is 824 g/mol. The minimum Gasteiger partial charge on any atom is -0.481 e. The number of carboxylic acid groups (broad SMARTS) is 1. The predicted molar refractivity (Wildman–Crippen MR) is 203 cm³/mol. The van der Waals surface area contributed by atoms with E-state index < -0.39 is 66.8 Å². The SMILES string of the molecule is CN1[C@H]2CC[C@@H]1[C@@H](C(=O)O)[C@@H](OC(=O)c1ccccc1)C2.Nc1ncn([C@@H]2O[C@H](CO)[C@@H](O)[C@H]2O)c(=O)n1.O=NN(CCCl)C(=O)NCCCl.c1ccccc1. The maximum Gasteiger partial charge on any atom is 0.354 e. The lowest BCUT2D eigenvalue weighted by atomic mass is 9.87. The van der Waals surface area contributed by atoms with Gasteiger partial charge in [-0.2, -0.15) is 9.99 Å². The van der Waals surface area contributed by atoms with Crippen molar-refractivity contribution in [3.63, 3.8) is 0 Å². The number of esters is 1. The summed E-state index contributed by atoms with van der Waals surface area (Å²) in [6, 6.07) is 20.4. The average molecular weight is 826 g/mol. The molecule has 3 aliphatic rings. The summed E-state index contributed by atoms with van der Waals surface area (Å²) in [5.41, 5.74) is 4.92. The number of alkyl halides is 2. The number of nitrogens with two attached hydrogens (primary N) is 1. The summed E-state index contributed by atoms with van der Waals surface area (Å²) in [5.74, 6) is -1.69. The molecule has 306 valence electrons. The summed E-state index contributed by atoms with van der Waals surface area (Å²) in [6.07, 6.45) is -1.78. The van der Waals surface area contributed by atoms with E-state index in [1.807, 2.05) is 49.5 Å². The number of aromatic nitrogens is 3. The van der Waals surface area contributed by atoms with Crippen molar-refractivity contribution in [3.8, 4) is 0 Å². The summed E-state index contributed by atoms with van der Waals surface area (Å²) < 4.78 is 11.6. The van der Waals surface area contributed by atoms with E-state index in [9.17, 15) is 39.4 Å². The minimum absolute atomic E-state index is 0.0326. The Labute approximate surface area is 331 Å². The normalized spacial score (nSPS) is 24.8. The van der Waals surface area contributed by atoms with E-state index in [1.54, 1.807) is 24.3 Å². The molecule has 8 atom stereocenters. The molecule has 3 saturated heterocycles. The van der Waals surface area contributed by atoms with Gasteiger partial charge in [-0.25, -0.2) is 19.4 Å². The van der Waals surface area contributed by atoms with Gasteiger partial charge in [-0.3, -0.25) is 14.3 Å². The second-order valence-corrected chi connectivity index (χ2v) is 13.2. The van der Waals surface area contributed by atoms with Gasteiger partial charge in [0.05, 0.1) is 24.0 Å². The number of nitrogen functional groups attached to an aromatic ring is 1. The summed E-state index contributed by atoms with van der Waals surface area (Å²) in [6.45, 7) is -0.0762. The van der Waals surface area contributed by atoms with Crippen LogP contribution in [-0.4, -0.2) is 138 Å². The van der Waals surface area contributed by atoms with Crippen molar-refractivity contribution in [2.24, 2.45) is 11.2 Å². The fourth-order valence-electron chi connectivity index (χ4n) is 6.18. The number of carbonyl (C=O) groups is 3. The van der Waals surface area contributed by atoms with E-state index in [1.165, 1.54) is 0 Å². The number of benzene rings is 2. The molecule has 2 amide bonds. The highest BCUT2D eigenvalue weighted by Crippen LogP contribution is 2.40. The van der Waals surface area contributed by atoms with E-state index in [0.29, 0.717) is 35.5 Å². The van der Waals surface area contributed by atoms with Crippen molar-refractivity contribution >= 4 is 47.1 Å². The summed E-state index contributed by atoms with van der Waals surface area (Å²) in [5, 5.41) is 43.2. The molecule has 21 heteroatoms. The lowest BCUT2D eigenvalue weighted by Gasteiger charge is -2.40. The molecular formula is C35H46Cl2N8O11.